The lowest BCUT2D eigenvalue weighted by Gasteiger charge is -2.24. The van der Waals surface area contributed by atoms with E-state index in [4.69, 9.17) is 4.74 Å². The number of hydrogen-bond donors (Lipinski definition) is 2. The summed E-state index contributed by atoms with van der Waals surface area (Å²) in [5.41, 5.74) is -2.30. The maximum atomic E-state index is 13.7. The van der Waals surface area contributed by atoms with Crippen LogP contribution in [0.2, 0.25) is 0 Å². The highest BCUT2D eigenvalue weighted by molar-refractivity contribution is 5.23. The SMILES string of the molecule is CC(F)[C@]12O[C@@H](n3ccc(=O)[nH]c3=O)[C@H](C)C1[C@H]2O. The van der Waals surface area contributed by atoms with Gasteiger partial charge in [0.25, 0.3) is 5.56 Å². The molecule has 1 aromatic rings. The number of hydrogen-bond acceptors (Lipinski definition) is 4. The molecule has 2 fully saturated rings. The van der Waals surface area contributed by atoms with Gasteiger partial charge in [0, 0.05) is 24.1 Å². The van der Waals surface area contributed by atoms with Crippen molar-refractivity contribution in [2.24, 2.45) is 11.8 Å². The summed E-state index contributed by atoms with van der Waals surface area (Å²) in [7, 11) is 0. The van der Waals surface area contributed by atoms with E-state index in [1.807, 2.05) is 0 Å². The van der Waals surface area contributed by atoms with Crippen molar-refractivity contribution in [2.75, 3.05) is 0 Å². The van der Waals surface area contributed by atoms with Crippen molar-refractivity contribution in [3.05, 3.63) is 33.1 Å². The molecule has 0 spiro atoms. The minimum Gasteiger partial charge on any atom is -0.390 e. The first kappa shape index (κ1) is 12.6. The molecule has 0 aromatic carbocycles. The molecule has 1 aliphatic heterocycles. The largest absolute Gasteiger partial charge is 0.390 e. The average molecular weight is 270 g/mol. The standard InChI is InChI=1S/C12H15FN2O4/c1-5-8-9(17)12(8,6(2)13)19-10(5)15-4-3-7(16)14-11(15)18/h3-6,8-10,17H,1-2H3,(H,14,16,18)/t5-,6?,8?,9-,10-,12+/m1/s1. The number of aromatic nitrogens is 2. The number of aliphatic hydroxyl groups is 1. The Morgan fingerprint density at radius 3 is 2.79 bits per heavy atom. The van der Waals surface area contributed by atoms with Crippen molar-refractivity contribution in [1.82, 2.24) is 9.55 Å². The Kier molecular flexibility index (Phi) is 2.49. The quantitative estimate of drug-likeness (QED) is 0.778. The second-order valence-electron chi connectivity index (χ2n) is 5.33. The van der Waals surface area contributed by atoms with Crippen molar-refractivity contribution in [3.8, 4) is 0 Å². The normalized spacial score (nSPS) is 41.9. The number of nitrogens with zero attached hydrogens (tertiary/aromatic N) is 1. The molecule has 2 unspecified atom stereocenters. The Morgan fingerprint density at radius 1 is 1.58 bits per heavy atom. The molecule has 2 aliphatic rings. The van der Waals surface area contributed by atoms with E-state index in [2.05, 4.69) is 4.98 Å². The molecule has 1 saturated carbocycles. The van der Waals surface area contributed by atoms with Crippen LogP contribution < -0.4 is 11.2 Å². The van der Waals surface area contributed by atoms with Gasteiger partial charge >= 0.3 is 5.69 Å². The maximum Gasteiger partial charge on any atom is 0.330 e. The van der Waals surface area contributed by atoms with Gasteiger partial charge in [0.2, 0.25) is 0 Å². The van der Waals surface area contributed by atoms with Crippen LogP contribution in [0, 0.1) is 11.8 Å². The van der Waals surface area contributed by atoms with Gasteiger partial charge in [-0.15, -0.1) is 0 Å². The Labute approximate surface area is 107 Å². The Balaban J connectivity index is 1.97. The summed E-state index contributed by atoms with van der Waals surface area (Å²) < 4.78 is 20.5. The summed E-state index contributed by atoms with van der Waals surface area (Å²) in [4.78, 5) is 24.9. The fraction of sp³-hybridized carbons (Fsp3) is 0.667. The van der Waals surface area contributed by atoms with E-state index in [1.54, 1.807) is 6.92 Å². The number of aromatic amines is 1. The first-order valence-corrected chi connectivity index (χ1v) is 6.21. The number of ether oxygens (including phenoxy) is 1. The molecule has 1 saturated heterocycles. The zero-order chi connectivity index (χ0) is 13.9. The summed E-state index contributed by atoms with van der Waals surface area (Å²) in [5, 5.41) is 9.81. The van der Waals surface area contributed by atoms with Gasteiger partial charge in [-0.05, 0) is 6.92 Å². The number of alkyl halides is 1. The van der Waals surface area contributed by atoms with Crippen LogP contribution in [0.25, 0.3) is 0 Å². The highest BCUT2D eigenvalue weighted by Gasteiger charge is 2.77. The minimum absolute atomic E-state index is 0.211. The molecule has 2 N–H and O–H groups in total. The Morgan fingerprint density at radius 2 is 2.26 bits per heavy atom. The summed E-state index contributed by atoms with van der Waals surface area (Å²) in [6, 6.07) is 1.21. The molecule has 3 rings (SSSR count). The van der Waals surface area contributed by atoms with Gasteiger partial charge in [-0.3, -0.25) is 14.3 Å². The molecule has 0 bridgehead atoms. The lowest BCUT2D eigenvalue weighted by molar-refractivity contribution is -0.108. The van der Waals surface area contributed by atoms with E-state index in [1.165, 1.54) is 23.8 Å². The molecule has 0 amide bonds. The molecule has 7 heteroatoms. The van der Waals surface area contributed by atoms with E-state index in [0.29, 0.717) is 0 Å². The second-order valence-corrected chi connectivity index (χ2v) is 5.33. The van der Waals surface area contributed by atoms with Gasteiger partial charge in [-0.2, -0.15) is 0 Å². The molecule has 0 radical (unpaired) electrons. The van der Waals surface area contributed by atoms with Gasteiger partial charge in [0.1, 0.15) is 18.0 Å². The van der Waals surface area contributed by atoms with Crippen molar-refractivity contribution in [3.63, 3.8) is 0 Å². The Bertz CT molecular complexity index is 625. The first-order chi connectivity index (χ1) is 8.89. The average Bonchev–Trinajstić information content (AvgIpc) is 2.78. The molecule has 1 aromatic heterocycles. The number of H-pyrrole nitrogens is 1. The van der Waals surface area contributed by atoms with Crippen LogP contribution in [0.4, 0.5) is 4.39 Å². The fourth-order valence-corrected chi connectivity index (χ4v) is 3.26. The predicted octanol–water partition coefficient (Wildman–Crippen LogP) is -0.211. The smallest absolute Gasteiger partial charge is 0.330 e. The molecular weight excluding hydrogens is 255 g/mol. The van der Waals surface area contributed by atoms with Crippen LogP contribution in [-0.2, 0) is 4.74 Å². The lowest BCUT2D eigenvalue weighted by atomic mass is 10.0. The van der Waals surface area contributed by atoms with Crippen molar-refractivity contribution < 1.29 is 14.2 Å². The highest BCUT2D eigenvalue weighted by atomic mass is 19.1. The van der Waals surface area contributed by atoms with E-state index < -0.39 is 35.4 Å². The molecule has 2 heterocycles. The topological polar surface area (TPSA) is 84.3 Å². The van der Waals surface area contributed by atoms with Gasteiger partial charge in [-0.1, -0.05) is 6.92 Å². The third-order valence-electron chi connectivity index (χ3n) is 4.30. The van der Waals surface area contributed by atoms with E-state index in [0.717, 1.165) is 0 Å². The predicted molar refractivity (Wildman–Crippen MR) is 63.4 cm³/mol. The number of halogens is 1. The minimum atomic E-state index is -1.32. The number of fused-ring (bicyclic) bond motifs is 1. The van der Waals surface area contributed by atoms with E-state index >= 15 is 0 Å². The molecule has 1 aliphatic carbocycles. The molecule has 6 atom stereocenters. The van der Waals surface area contributed by atoms with Gasteiger partial charge in [0.05, 0.1) is 6.10 Å². The molecule has 104 valence electrons. The molecule has 19 heavy (non-hydrogen) atoms. The van der Waals surface area contributed by atoms with Gasteiger partial charge in [0.15, 0.2) is 0 Å². The first-order valence-electron chi connectivity index (χ1n) is 6.21. The molecule has 6 nitrogen and oxygen atoms in total. The van der Waals surface area contributed by atoms with Crippen LogP contribution >= 0.6 is 0 Å². The summed E-state index contributed by atoms with van der Waals surface area (Å²) in [6.45, 7) is 3.14. The monoisotopic (exact) mass is 270 g/mol. The summed E-state index contributed by atoms with van der Waals surface area (Å²) in [6.07, 6.45) is -1.50. The number of rotatable bonds is 2. The third kappa shape index (κ3) is 1.48. The molecular formula is C12H15FN2O4. The van der Waals surface area contributed by atoms with Crippen molar-refractivity contribution >= 4 is 0 Å². The Hall–Kier alpha value is -1.47. The third-order valence-corrected chi connectivity index (χ3v) is 4.30. The summed E-state index contributed by atoms with van der Waals surface area (Å²) >= 11 is 0. The van der Waals surface area contributed by atoms with E-state index in [-0.39, 0.29) is 11.8 Å². The van der Waals surface area contributed by atoms with Crippen LogP contribution in [0.5, 0.6) is 0 Å². The fourth-order valence-electron chi connectivity index (χ4n) is 3.26. The summed E-state index contributed by atoms with van der Waals surface area (Å²) in [5.74, 6) is -0.534. The maximum absolute atomic E-state index is 13.7. The van der Waals surface area contributed by atoms with Gasteiger partial charge < -0.3 is 9.84 Å². The van der Waals surface area contributed by atoms with Crippen LogP contribution in [0.15, 0.2) is 21.9 Å². The lowest BCUT2D eigenvalue weighted by Crippen LogP contribution is -2.37. The van der Waals surface area contributed by atoms with Crippen LogP contribution in [0.1, 0.15) is 20.1 Å². The van der Waals surface area contributed by atoms with Crippen LogP contribution in [-0.4, -0.2) is 32.5 Å². The zero-order valence-corrected chi connectivity index (χ0v) is 10.5. The van der Waals surface area contributed by atoms with Crippen LogP contribution in [0.3, 0.4) is 0 Å². The highest BCUT2D eigenvalue weighted by Crippen LogP contribution is 2.64. The van der Waals surface area contributed by atoms with Crippen molar-refractivity contribution in [2.45, 2.75) is 38.0 Å². The van der Waals surface area contributed by atoms with Gasteiger partial charge in [-0.25, -0.2) is 9.18 Å². The second kappa shape index (κ2) is 3.77. The van der Waals surface area contributed by atoms with E-state index in [9.17, 15) is 19.1 Å². The zero-order valence-electron chi connectivity index (χ0n) is 10.5. The number of aliphatic hydroxyl groups excluding tert-OH is 1. The number of nitrogens with one attached hydrogen (secondary N) is 1. The van der Waals surface area contributed by atoms with Crippen molar-refractivity contribution in [1.29, 1.82) is 0 Å².